The molecule has 0 aliphatic heterocycles. The highest BCUT2D eigenvalue weighted by molar-refractivity contribution is 5.25. The largest absolute Gasteiger partial charge is 0.396 e. The van der Waals surface area contributed by atoms with Gasteiger partial charge in [0.15, 0.2) is 0 Å². The minimum absolute atomic E-state index is 0.120. The van der Waals surface area contributed by atoms with Crippen LogP contribution in [0.15, 0.2) is 12.2 Å². The lowest BCUT2D eigenvalue weighted by atomic mass is 9.96. The van der Waals surface area contributed by atoms with Crippen LogP contribution in [0, 0.1) is 10.8 Å². The first-order valence-electron chi connectivity index (χ1n) is 9.66. The van der Waals surface area contributed by atoms with Gasteiger partial charge in [0.1, 0.15) is 0 Å². The highest BCUT2D eigenvalue weighted by Gasteiger charge is 2.40. The van der Waals surface area contributed by atoms with Crippen LogP contribution in [0.3, 0.4) is 0 Å². The predicted molar refractivity (Wildman–Crippen MR) is 92.8 cm³/mol. The van der Waals surface area contributed by atoms with E-state index in [0.29, 0.717) is 18.6 Å². The summed E-state index contributed by atoms with van der Waals surface area (Å²) >= 11 is 0. The second-order valence-corrected chi connectivity index (χ2v) is 7.92. The van der Waals surface area contributed by atoms with E-state index in [2.05, 4.69) is 12.2 Å². The van der Waals surface area contributed by atoms with Gasteiger partial charge in [-0.1, -0.05) is 76.4 Å². The molecule has 1 saturated carbocycles. The van der Waals surface area contributed by atoms with E-state index in [9.17, 15) is 10.2 Å². The van der Waals surface area contributed by atoms with Crippen LogP contribution in [-0.2, 0) is 0 Å². The fraction of sp³-hybridized carbons (Fsp3) is 0.900. The first-order chi connectivity index (χ1) is 10.7. The van der Waals surface area contributed by atoms with E-state index in [1.54, 1.807) is 0 Å². The summed E-state index contributed by atoms with van der Waals surface area (Å²) in [5.41, 5.74) is 0.486. The summed E-state index contributed by atoms with van der Waals surface area (Å²) < 4.78 is 0. The van der Waals surface area contributed by atoms with E-state index in [-0.39, 0.29) is 5.41 Å². The first kappa shape index (κ1) is 18.0. The van der Waals surface area contributed by atoms with Gasteiger partial charge in [0.2, 0.25) is 0 Å². The van der Waals surface area contributed by atoms with Crippen LogP contribution in [0.4, 0.5) is 0 Å². The Balaban J connectivity index is 1.26. The van der Waals surface area contributed by atoms with Gasteiger partial charge in [0, 0.05) is 12.0 Å². The van der Waals surface area contributed by atoms with Crippen LogP contribution in [0.5, 0.6) is 0 Å². The summed E-state index contributed by atoms with van der Waals surface area (Å²) in [5.74, 6) is 0. The van der Waals surface area contributed by atoms with Crippen molar-refractivity contribution in [3.63, 3.8) is 0 Å². The lowest BCUT2D eigenvalue weighted by Gasteiger charge is -2.11. The maximum Gasteiger partial charge on any atom is 0.0556 e. The summed E-state index contributed by atoms with van der Waals surface area (Å²) in [4.78, 5) is 0. The molecule has 2 rings (SSSR count). The average Bonchev–Trinajstić information content (AvgIpc) is 3.45. The van der Waals surface area contributed by atoms with Crippen LogP contribution in [0.2, 0.25) is 0 Å². The standard InChI is InChI=1S/C20H36O2/c21-17-19(13-14-19)11-9-7-5-3-1-2-4-6-8-10-12-20(18-22)15-16-20/h13-14,21-22H,1-12,15-18H2. The normalized spacial score (nSPS) is 20.3. The van der Waals surface area contributed by atoms with Crippen molar-refractivity contribution in [3.8, 4) is 0 Å². The van der Waals surface area contributed by atoms with Crippen molar-refractivity contribution in [2.75, 3.05) is 13.2 Å². The summed E-state index contributed by atoms with van der Waals surface area (Å²) in [6.45, 7) is 0.731. The topological polar surface area (TPSA) is 40.5 Å². The van der Waals surface area contributed by atoms with Gasteiger partial charge in [0.05, 0.1) is 6.61 Å². The van der Waals surface area contributed by atoms with E-state index < -0.39 is 0 Å². The van der Waals surface area contributed by atoms with Crippen molar-refractivity contribution < 1.29 is 10.2 Å². The van der Waals surface area contributed by atoms with Crippen molar-refractivity contribution in [2.45, 2.75) is 89.9 Å². The number of rotatable bonds is 15. The van der Waals surface area contributed by atoms with Crippen LogP contribution in [0.1, 0.15) is 89.9 Å². The van der Waals surface area contributed by atoms with Gasteiger partial charge in [0.25, 0.3) is 0 Å². The average molecular weight is 309 g/mol. The minimum atomic E-state index is 0.120. The van der Waals surface area contributed by atoms with Gasteiger partial charge in [-0.2, -0.15) is 0 Å². The molecule has 0 heterocycles. The molecule has 22 heavy (non-hydrogen) atoms. The quantitative estimate of drug-likeness (QED) is 0.330. The van der Waals surface area contributed by atoms with Crippen LogP contribution in [0.25, 0.3) is 0 Å². The molecule has 0 aromatic carbocycles. The smallest absolute Gasteiger partial charge is 0.0556 e. The molecule has 0 spiro atoms. The van der Waals surface area contributed by atoms with E-state index in [1.807, 2.05) is 0 Å². The molecule has 2 heteroatoms. The Morgan fingerprint density at radius 2 is 1.05 bits per heavy atom. The zero-order chi connectivity index (χ0) is 15.7. The zero-order valence-electron chi connectivity index (χ0n) is 14.4. The summed E-state index contributed by atoms with van der Waals surface area (Å²) in [6.07, 6.45) is 22.8. The molecule has 2 nitrogen and oxygen atoms in total. The molecule has 0 saturated heterocycles. The molecule has 0 radical (unpaired) electrons. The van der Waals surface area contributed by atoms with Crippen LogP contribution in [-0.4, -0.2) is 23.4 Å². The highest BCUT2D eigenvalue weighted by atomic mass is 16.3. The monoisotopic (exact) mass is 308 g/mol. The molecular formula is C20H36O2. The van der Waals surface area contributed by atoms with Crippen molar-refractivity contribution in [3.05, 3.63) is 12.2 Å². The summed E-state index contributed by atoms with van der Waals surface area (Å²) in [7, 11) is 0. The SMILES string of the molecule is OCC1(CCCCCCCCCCCCC2(CO)CC2)C=C1. The van der Waals surface area contributed by atoms with Gasteiger partial charge < -0.3 is 10.2 Å². The number of aliphatic hydroxyl groups is 2. The lowest BCUT2D eigenvalue weighted by molar-refractivity contribution is 0.200. The third kappa shape index (κ3) is 6.42. The Labute approximate surface area is 137 Å². The Morgan fingerprint density at radius 1 is 0.591 bits per heavy atom. The van der Waals surface area contributed by atoms with E-state index in [0.717, 1.165) is 6.42 Å². The predicted octanol–water partition coefficient (Wildman–Crippen LogP) is 4.99. The molecule has 0 amide bonds. The van der Waals surface area contributed by atoms with Gasteiger partial charge in [-0.3, -0.25) is 0 Å². The van der Waals surface area contributed by atoms with E-state index >= 15 is 0 Å². The molecule has 0 unspecified atom stereocenters. The minimum Gasteiger partial charge on any atom is -0.396 e. The number of hydrogen-bond donors (Lipinski definition) is 2. The zero-order valence-corrected chi connectivity index (χ0v) is 14.4. The molecule has 0 aromatic rings. The maximum absolute atomic E-state index is 9.26. The van der Waals surface area contributed by atoms with Crippen LogP contribution < -0.4 is 0 Å². The second-order valence-electron chi connectivity index (χ2n) is 7.92. The molecule has 2 aliphatic rings. The van der Waals surface area contributed by atoms with Crippen LogP contribution >= 0.6 is 0 Å². The molecule has 0 aromatic heterocycles. The Morgan fingerprint density at radius 3 is 1.41 bits per heavy atom. The third-order valence-corrected chi connectivity index (χ3v) is 5.82. The highest BCUT2D eigenvalue weighted by Crippen LogP contribution is 2.49. The summed E-state index contributed by atoms with van der Waals surface area (Å²) in [5, 5.41) is 18.5. The molecular weight excluding hydrogens is 272 g/mol. The van der Waals surface area contributed by atoms with E-state index in [1.165, 1.54) is 83.5 Å². The number of hydrogen-bond acceptors (Lipinski definition) is 2. The molecule has 0 bridgehead atoms. The summed E-state index contributed by atoms with van der Waals surface area (Å²) in [6, 6.07) is 0. The van der Waals surface area contributed by atoms with Gasteiger partial charge in [-0.05, 0) is 31.1 Å². The lowest BCUT2D eigenvalue weighted by Crippen LogP contribution is -2.07. The molecule has 1 fully saturated rings. The Bertz CT molecular complexity index is 309. The van der Waals surface area contributed by atoms with E-state index in [4.69, 9.17) is 0 Å². The fourth-order valence-corrected chi connectivity index (χ4v) is 3.50. The Kier molecular flexibility index (Phi) is 7.43. The maximum atomic E-state index is 9.26. The first-order valence-corrected chi connectivity index (χ1v) is 9.66. The molecule has 0 atom stereocenters. The van der Waals surface area contributed by atoms with Crippen molar-refractivity contribution >= 4 is 0 Å². The molecule has 2 aliphatic carbocycles. The number of aliphatic hydroxyl groups excluding tert-OH is 2. The van der Waals surface area contributed by atoms with Crippen molar-refractivity contribution in [2.24, 2.45) is 10.8 Å². The van der Waals surface area contributed by atoms with Gasteiger partial charge in [-0.25, -0.2) is 0 Å². The van der Waals surface area contributed by atoms with Crippen molar-refractivity contribution in [1.29, 1.82) is 0 Å². The Hall–Kier alpha value is -0.340. The molecule has 2 N–H and O–H groups in total. The van der Waals surface area contributed by atoms with Gasteiger partial charge >= 0.3 is 0 Å². The van der Waals surface area contributed by atoms with Crippen molar-refractivity contribution in [1.82, 2.24) is 0 Å². The fourth-order valence-electron chi connectivity index (χ4n) is 3.50. The number of unbranched alkanes of at least 4 members (excludes halogenated alkanes) is 9. The molecule has 128 valence electrons. The third-order valence-electron chi connectivity index (χ3n) is 5.82. The van der Waals surface area contributed by atoms with Gasteiger partial charge in [-0.15, -0.1) is 0 Å². The second kappa shape index (κ2) is 9.08.